The second kappa shape index (κ2) is 9.02. The Bertz CT molecular complexity index is 1690. The highest BCUT2D eigenvalue weighted by atomic mass is 32.2. The number of fused-ring (bicyclic) bond motifs is 1. The lowest BCUT2D eigenvalue weighted by molar-refractivity contribution is -0.0501. The smallest absolute Gasteiger partial charge is 0.355 e. The maximum Gasteiger partial charge on any atom is 0.534 e. The molecule has 3 heterocycles. The summed E-state index contributed by atoms with van der Waals surface area (Å²) in [4.78, 5) is 6.82. The molecule has 2 aromatic carbocycles. The van der Waals surface area contributed by atoms with Gasteiger partial charge in [-0.15, -0.1) is 22.7 Å². The number of pyridine rings is 1. The Kier molecular flexibility index (Phi) is 6.14. The Morgan fingerprint density at radius 3 is 2.25 bits per heavy atom. The lowest BCUT2D eigenvalue weighted by Crippen LogP contribution is -2.28. The first kappa shape index (κ1) is 24.5. The standard InChI is InChI=1S/C26H18F3NO3S3/c1-15-21(16(2)34-23(15)17-9-4-3-5-10-17)24-22(18-11-6-7-13-20(18)35-24)19-12-8-14-30-25(19)33-36(31,32)26(27,28)29/h3-14H,1-2H3. The third-order valence-electron chi connectivity index (χ3n) is 5.69. The van der Waals surface area contributed by atoms with Crippen LogP contribution in [0, 0.1) is 13.8 Å². The van der Waals surface area contributed by atoms with Crippen molar-refractivity contribution in [3.8, 4) is 37.9 Å². The van der Waals surface area contributed by atoms with Gasteiger partial charge >= 0.3 is 15.6 Å². The van der Waals surface area contributed by atoms with Crippen molar-refractivity contribution in [3.05, 3.63) is 83.4 Å². The van der Waals surface area contributed by atoms with Crippen LogP contribution in [0.1, 0.15) is 10.4 Å². The van der Waals surface area contributed by atoms with Crippen LogP contribution in [0.15, 0.2) is 72.9 Å². The lowest BCUT2D eigenvalue weighted by atomic mass is 9.97. The van der Waals surface area contributed by atoms with Gasteiger partial charge in [0.15, 0.2) is 0 Å². The Morgan fingerprint density at radius 2 is 1.53 bits per heavy atom. The normalized spacial score (nSPS) is 12.2. The molecule has 0 unspecified atom stereocenters. The van der Waals surface area contributed by atoms with Crippen molar-refractivity contribution in [3.63, 3.8) is 0 Å². The Hall–Kier alpha value is -3.21. The zero-order valence-electron chi connectivity index (χ0n) is 19.0. The first-order valence-electron chi connectivity index (χ1n) is 10.7. The highest BCUT2D eigenvalue weighted by Gasteiger charge is 2.49. The van der Waals surface area contributed by atoms with E-state index < -0.39 is 21.5 Å². The third-order valence-corrected chi connectivity index (χ3v) is 9.08. The fourth-order valence-corrected chi connectivity index (χ4v) is 7.19. The Morgan fingerprint density at radius 1 is 0.833 bits per heavy atom. The van der Waals surface area contributed by atoms with Gasteiger partial charge in [-0.25, -0.2) is 4.98 Å². The highest BCUT2D eigenvalue weighted by Crippen LogP contribution is 2.52. The molecule has 0 fully saturated rings. The molecule has 0 bridgehead atoms. The maximum atomic E-state index is 13.1. The van der Waals surface area contributed by atoms with E-state index in [9.17, 15) is 21.6 Å². The van der Waals surface area contributed by atoms with E-state index in [0.717, 1.165) is 41.4 Å². The van der Waals surface area contributed by atoms with Gasteiger partial charge in [-0.2, -0.15) is 21.6 Å². The summed E-state index contributed by atoms with van der Waals surface area (Å²) in [6, 6.07) is 20.5. The van der Waals surface area contributed by atoms with Crippen molar-refractivity contribution in [1.29, 1.82) is 0 Å². The van der Waals surface area contributed by atoms with Crippen molar-refractivity contribution < 1.29 is 25.8 Å². The minimum Gasteiger partial charge on any atom is -0.355 e. The third kappa shape index (κ3) is 4.19. The van der Waals surface area contributed by atoms with Gasteiger partial charge < -0.3 is 4.18 Å². The summed E-state index contributed by atoms with van der Waals surface area (Å²) in [6.45, 7) is 4.02. The average Bonchev–Trinajstić information content (AvgIpc) is 3.35. The summed E-state index contributed by atoms with van der Waals surface area (Å²) >= 11 is 3.13. The molecule has 10 heteroatoms. The van der Waals surface area contributed by atoms with Crippen molar-refractivity contribution in [1.82, 2.24) is 4.98 Å². The van der Waals surface area contributed by atoms with Crippen LogP contribution in [0.2, 0.25) is 0 Å². The van der Waals surface area contributed by atoms with E-state index in [1.807, 2.05) is 68.4 Å². The number of hydrogen-bond acceptors (Lipinski definition) is 6. The average molecular weight is 546 g/mol. The van der Waals surface area contributed by atoms with Crippen LogP contribution < -0.4 is 4.18 Å². The van der Waals surface area contributed by atoms with E-state index in [1.54, 1.807) is 17.4 Å². The van der Waals surface area contributed by atoms with Gasteiger partial charge in [-0.3, -0.25) is 0 Å². The summed E-state index contributed by atoms with van der Waals surface area (Å²) in [5, 5.41) is 0.769. The minimum absolute atomic E-state index is 0.170. The molecule has 5 rings (SSSR count). The molecule has 0 aliphatic carbocycles. The second-order valence-corrected chi connectivity index (χ2v) is 11.8. The number of alkyl halides is 3. The summed E-state index contributed by atoms with van der Waals surface area (Å²) in [5.74, 6) is -0.617. The zero-order valence-corrected chi connectivity index (χ0v) is 21.4. The van der Waals surface area contributed by atoms with Crippen molar-refractivity contribution in [2.24, 2.45) is 0 Å². The van der Waals surface area contributed by atoms with Crippen molar-refractivity contribution in [2.75, 3.05) is 0 Å². The number of aryl methyl sites for hydroxylation is 1. The van der Waals surface area contributed by atoms with Crippen LogP contribution in [0.4, 0.5) is 13.2 Å². The molecule has 0 aliphatic rings. The first-order valence-corrected chi connectivity index (χ1v) is 13.8. The summed E-state index contributed by atoms with van der Waals surface area (Å²) in [6.07, 6.45) is 1.20. The van der Waals surface area contributed by atoms with Crippen LogP contribution in [0.5, 0.6) is 5.88 Å². The summed E-state index contributed by atoms with van der Waals surface area (Å²) in [5.41, 5.74) is -1.76. The van der Waals surface area contributed by atoms with E-state index >= 15 is 0 Å². The number of hydrogen-bond donors (Lipinski definition) is 0. The number of aromatic nitrogens is 1. The molecule has 36 heavy (non-hydrogen) atoms. The van der Waals surface area contributed by atoms with Crippen LogP contribution in [-0.4, -0.2) is 18.9 Å². The molecule has 184 valence electrons. The van der Waals surface area contributed by atoms with E-state index in [2.05, 4.69) is 9.17 Å². The molecule has 0 atom stereocenters. The van der Waals surface area contributed by atoms with E-state index in [1.165, 1.54) is 23.6 Å². The quantitative estimate of drug-likeness (QED) is 0.165. The van der Waals surface area contributed by atoms with Gasteiger partial charge in [0.2, 0.25) is 5.88 Å². The zero-order chi connectivity index (χ0) is 25.7. The fourth-order valence-electron chi connectivity index (χ4n) is 4.14. The molecule has 0 saturated heterocycles. The molecule has 0 saturated carbocycles. The molecular weight excluding hydrogens is 527 g/mol. The van der Waals surface area contributed by atoms with E-state index in [-0.39, 0.29) is 5.56 Å². The lowest BCUT2D eigenvalue weighted by Gasteiger charge is -2.13. The molecule has 0 amide bonds. The molecule has 0 radical (unpaired) electrons. The van der Waals surface area contributed by atoms with Gasteiger partial charge in [0, 0.05) is 47.6 Å². The molecule has 3 aromatic heterocycles. The highest BCUT2D eigenvalue weighted by molar-refractivity contribution is 7.88. The number of halogens is 3. The predicted octanol–water partition coefficient (Wildman–Crippen LogP) is 8.20. The Balaban J connectivity index is 1.77. The van der Waals surface area contributed by atoms with Gasteiger partial charge in [0.05, 0.1) is 0 Å². The molecular formula is C26H18F3NO3S3. The molecule has 0 aliphatic heterocycles. The van der Waals surface area contributed by atoms with Gasteiger partial charge in [0.1, 0.15) is 0 Å². The van der Waals surface area contributed by atoms with E-state index in [4.69, 9.17) is 0 Å². The fraction of sp³-hybridized carbons (Fsp3) is 0.115. The molecule has 0 spiro atoms. The van der Waals surface area contributed by atoms with E-state index in [0.29, 0.717) is 5.56 Å². The predicted molar refractivity (Wildman–Crippen MR) is 139 cm³/mol. The Labute approximate surface area is 213 Å². The summed E-state index contributed by atoms with van der Waals surface area (Å²) in [7, 11) is -5.90. The number of benzene rings is 2. The van der Waals surface area contributed by atoms with Crippen LogP contribution in [0.3, 0.4) is 0 Å². The SMILES string of the molecule is Cc1sc(-c2ccccc2)c(C)c1-c1sc2ccccc2c1-c1cccnc1OS(=O)(=O)C(F)(F)F. The van der Waals surface area contributed by atoms with Crippen molar-refractivity contribution >= 4 is 42.9 Å². The molecule has 5 aromatic rings. The van der Waals surface area contributed by atoms with Gasteiger partial charge in [0.25, 0.3) is 0 Å². The topological polar surface area (TPSA) is 56.3 Å². The van der Waals surface area contributed by atoms with Crippen molar-refractivity contribution in [2.45, 2.75) is 19.4 Å². The molecule has 4 nitrogen and oxygen atoms in total. The second-order valence-electron chi connectivity index (χ2n) is 8.00. The number of thiophene rings is 2. The van der Waals surface area contributed by atoms with Crippen LogP contribution in [0.25, 0.3) is 42.1 Å². The molecule has 0 N–H and O–H groups in total. The van der Waals surface area contributed by atoms with Crippen LogP contribution in [-0.2, 0) is 10.1 Å². The largest absolute Gasteiger partial charge is 0.534 e. The van der Waals surface area contributed by atoms with Crippen LogP contribution >= 0.6 is 22.7 Å². The number of nitrogens with zero attached hydrogens (tertiary/aromatic N) is 1. The van der Waals surface area contributed by atoms with Gasteiger partial charge in [-0.1, -0.05) is 48.5 Å². The maximum absolute atomic E-state index is 13.1. The first-order chi connectivity index (χ1) is 17.1. The van der Waals surface area contributed by atoms with Gasteiger partial charge in [-0.05, 0) is 43.2 Å². The number of rotatable bonds is 5. The summed E-state index contributed by atoms with van der Waals surface area (Å²) < 4.78 is 68.5. The minimum atomic E-state index is -5.90. The monoisotopic (exact) mass is 545 g/mol.